The summed E-state index contributed by atoms with van der Waals surface area (Å²) in [4.78, 5) is 14.8. The lowest BCUT2D eigenvalue weighted by Gasteiger charge is -2.34. The lowest BCUT2D eigenvalue weighted by Crippen LogP contribution is -2.52. The van der Waals surface area contributed by atoms with Gasteiger partial charge in [0.25, 0.3) is 0 Å². The van der Waals surface area contributed by atoms with Crippen molar-refractivity contribution in [3.8, 4) is 0 Å². The zero-order chi connectivity index (χ0) is 16.5. The van der Waals surface area contributed by atoms with Gasteiger partial charge in [-0.1, -0.05) is 30.3 Å². The first-order valence-corrected chi connectivity index (χ1v) is 8.83. The Morgan fingerprint density at radius 2 is 2.00 bits per heavy atom. The molecule has 1 saturated carbocycles. The standard InChI is InChI=1S/C19H24N4O/c1-22-13-16(12-20-22)23-11-5-8-17(19(23)24)21-18(15-9-10-15)14-6-3-2-4-7-14/h2-4,6-7,12-13,15,17-18,21H,5,8-11H2,1H3/t17-,18+/m1/s1. The number of aryl methyl sites for hydroxylation is 1. The van der Waals surface area contributed by atoms with Gasteiger partial charge in [0.2, 0.25) is 5.91 Å². The molecule has 1 aliphatic carbocycles. The van der Waals surface area contributed by atoms with Gasteiger partial charge in [-0.2, -0.15) is 5.10 Å². The number of amides is 1. The van der Waals surface area contributed by atoms with Crippen LogP contribution in [0.3, 0.4) is 0 Å². The molecule has 0 radical (unpaired) electrons. The maximum absolute atomic E-state index is 13.0. The molecule has 5 heteroatoms. The van der Waals surface area contributed by atoms with Crippen LogP contribution in [0.1, 0.15) is 37.3 Å². The Labute approximate surface area is 142 Å². The predicted molar refractivity (Wildman–Crippen MR) is 93.6 cm³/mol. The topological polar surface area (TPSA) is 50.2 Å². The summed E-state index contributed by atoms with van der Waals surface area (Å²) in [5, 5.41) is 7.87. The monoisotopic (exact) mass is 324 g/mol. The van der Waals surface area contributed by atoms with Gasteiger partial charge < -0.3 is 4.90 Å². The van der Waals surface area contributed by atoms with Gasteiger partial charge in [0.1, 0.15) is 0 Å². The molecule has 1 aliphatic heterocycles. The summed E-state index contributed by atoms with van der Waals surface area (Å²) in [5.41, 5.74) is 2.20. The molecule has 2 aliphatic rings. The normalized spacial score (nSPS) is 22.6. The van der Waals surface area contributed by atoms with Crippen molar-refractivity contribution in [3.63, 3.8) is 0 Å². The number of piperidine rings is 1. The third-order valence-electron chi connectivity index (χ3n) is 5.07. The van der Waals surface area contributed by atoms with Crippen LogP contribution in [0, 0.1) is 5.92 Å². The summed E-state index contributed by atoms with van der Waals surface area (Å²) in [6, 6.07) is 10.7. The number of nitrogens with one attached hydrogen (secondary N) is 1. The minimum Gasteiger partial charge on any atom is -0.308 e. The molecule has 1 N–H and O–H groups in total. The molecule has 0 spiro atoms. The highest BCUT2D eigenvalue weighted by molar-refractivity contribution is 5.97. The van der Waals surface area contributed by atoms with Crippen LogP contribution in [0.5, 0.6) is 0 Å². The lowest BCUT2D eigenvalue weighted by atomic mass is 9.98. The Morgan fingerprint density at radius 3 is 2.67 bits per heavy atom. The molecular formula is C19H24N4O. The van der Waals surface area contributed by atoms with E-state index in [9.17, 15) is 4.79 Å². The van der Waals surface area contributed by atoms with Crippen molar-refractivity contribution in [2.45, 2.75) is 37.8 Å². The van der Waals surface area contributed by atoms with E-state index in [0.29, 0.717) is 5.92 Å². The van der Waals surface area contributed by atoms with Crippen LogP contribution in [0.15, 0.2) is 42.7 Å². The van der Waals surface area contributed by atoms with E-state index in [1.165, 1.54) is 18.4 Å². The maximum atomic E-state index is 13.0. The van der Waals surface area contributed by atoms with Crippen molar-refractivity contribution in [2.24, 2.45) is 13.0 Å². The third kappa shape index (κ3) is 3.08. The Bertz CT molecular complexity index is 707. The SMILES string of the molecule is Cn1cc(N2CCC[C@@H](N[C@@H](c3ccccc3)C3CC3)C2=O)cn1. The van der Waals surface area contributed by atoms with Crippen LogP contribution in [-0.4, -0.2) is 28.3 Å². The molecule has 1 saturated heterocycles. The van der Waals surface area contributed by atoms with Crippen molar-refractivity contribution in [3.05, 3.63) is 48.3 Å². The number of aromatic nitrogens is 2. The van der Waals surface area contributed by atoms with E-state index in [4.69, 9.17) is 0 Å². The molecule has 126 valence electrons. The smallest absolute Gasteiger partial charge is 0.244 e. The summed E-state index contributed by atoms with van der Waals surface area (Å²) >= 11 is 0. The molecule has 1 amide bonds. The highest BCUT2D eigenvalue weighted by Crippen LogP contribution is 2.41. The number of anilines is 1. The quantitative estimate of drug-likeness (QED) is 0.920. The molecule has 2 fully saturated rings. The molecule has 1 aromatic carbocycles. The zero-order valence-corrected chi connectivity index (χ0v) is 14.1. The summed E-state index contributed by atoms with van der Waals surface area (Å²) in [5.74, 6) is 0.838. The van der Waals surface area contributed by atoms with Crippen LogP contribution in [0.4, 0.5) is 5.69 Å². The molecule has 2 aromatic rings. The number of carbonyl (C=O) groups is 1. The van der Waals surface area contributed by atoms with E-state index in [-0.39, 0.29) is 18.0 Å². The van der Waals surface area contributed by atoms with Gasteiger partial charge in [-0.3, -0.25) is 14.8 Å². The van der Waals surface area contributed by atoms with Gasteiger partial charge in [0.05, 0.1) is 17.9 Å². The fourth-order valence-electron chi connectivity index (χ4n) is 3.65. The van der Waals surface area contributed by atoms with Gasteiger partial charge >= 0.3 is 0 Å². The van der Waals surface area contributed by atoms with E-state index < -0.39 is 0 Å². The molecule has 0 unspecified atom stereocenters. The van der Waals surface area contributed by atoms with Crippen LogP contribution >= 0.6 is 0 Å². The number of nitrogens with zero attached hydrogens (tertiary/aromatic N) is 3. The first-order chi connectivity index (χ1) is 11.7. The molecule has 2 heterocycles. The highest BCUT2D eigenvalue weighted by Gasteiger charge is 2.37. The molecule has 5 nitrogen and oxygen atoms in total. The van der Waals surface area contributed by atoms with Crippen molar-refractivity contribution >= 4 is 11.6 Å². The second kappa shape index (κ2) is 6.40. The lowest BCUT2D eigenvalue weighted by molar-refractivity contribution is -0.122. The van der Waals surface area contributed by atoms with Gasteiger partial charge in [-0.05, 0) is 37.2 Å². The van der Waals surface area contributed by atoms with E-state index in [1.807, 2.05) is 24.2 Å². The highest BCUT2D eigenvalue weighted by atomic mass is 16.2. The van der Waals surface area contributed by atoms with Gasteiger partial charge in [0.15, 0.2) is 0 Å². The number of benzene rings is 1. The average Bonchev–Trinajstić information content (AvgIpc) is 3.35. The van der Waals surface area contributed by atoms with Gasteiger partial charge in [-0.15, -0.1) is 0 Å². The summed E-state index contributed by atoms with van der Waals surface area (Å²) < 4.78 is 1.75. The number of hydrogen-bond donors (Lipinski definition) is 1. The largest absolute Gasteiger partial charge is 0.308 e. The summed E-state index contributed by atoms with van der Waals surface area (Å²) in [7, 11) is 1.88. The number of carbonyl (C=O) groups excluding carboxylic acids is 1. The van der Waals surface area contributed by atoms with Crippen molar-refractivity contribution in [1.82, 2.24) is 15.1 Å². The van der Waals surface area contributed by atoms with Crippen molar-refractivity contribution in [1.29, 1.82) is 0 Å². The van der Waals surface area contributed by atoms with Gasteiger partial charge in [-0.25, -0.2) is 0 Å². The minimum absolute atomic E-state index is 0.107. The van der Waals surface area contributed by atoms with Gasteiger partial charge in [0, 0.05) is 25.8 Å². The first-order valence-electron chi connectivity index (χ1n) is 8.83. The third-order valence-corrected chi connectivity index (χ3v) is 5.07. The predicted octanol–water partition coefficient (Wildman–Crippen LogP) is 2.66. The maximum Gasteiger partial charge on any atom is 0.244 e. The fraction of sp³-hybridized carbons (Fsp3) is 0.474. The molecule has 24 heavy (non-hydrogen) atoms. The zero-order valence-electron chi connectivity index (χ0n) is 14.1. The Hall–Kier alpha value is -2.14. The van der Waals surface area contributed by atoms with Crippen LogP contribution in [0.2, 0.25) is 0 Å². The molecule has 4 rings (SSSR count). The minimum atomic E-state index is -0.107. The Kier molecular flexibility index (Phi) is 4.10. The summed E-state index contributed by atoms with van der Waals surface area (Å²) in [6.45, 7) is 0.780. The van der Waals surface area contributed by atoms with Crippen LogP contribution in [0.25, 0.3) is 0 Å². The fourth-order valence-corrected chi connectivity index (χ4v) is 3.65. The second-order valence-corrected chi connectivity index (χ2v) is 6.95. The molecular weight excluding hydrogens is 300 g/mol. The number of rotatable bonds is 5. The molecule has 0 bridgehead atoms. The van der Waals surface area contributed by atoms with Crippen LogP contribution in [-0.2, 0) is 11.8 Å². The van der Waals surface area contributed by atoms with E-state index in [2.05, 4.69) is 34.7 Å². The van der Waals surface area contributed by atoms with Crippen LogP contribution < -0.4 is 10.2 Å². The van der Waals surface area contributed by atoms with E-state index in [1.54, 1.807) is 10.9 Å². The second-order valence-electron chi connectivity index (χ2n) is 6.95. The first kappa shape index (κ1) is 15.4. The van der Waals surface area contributed by atoms with E-state index in [0.717, 1.165) is 25.1 Å². The number of hydrogen-bond acceptors (Lipinski definition) is 3. The molecule has 2 atom stereocenters. The van der Waals surface area contributed by atoms with E-state index >= 15 is 0 Å². The Balaban J connectivity index is 1.51. The van der Waals surface area contributed by atoms with Crippen molar-refractivity contribution in [2.75, 3.05) is 11.4 Å². The molecule has 1 aromatic heterocycles. The summed E-state index contributed by atoms with van der Waals surface area (Å²) in [6.07, 6.45) is 8.11. The Morgan fingerprint density at radius 1 is 1.21 bits per heavy atom. The average molecular weight is 324 g/mol. The van der Waals surface area contributed by atoms with Crippen molar-refractivity contribution < 1.29 is 4.79 Å².